The third kappa shape index (κ3) is 4.15. The highest BCUT2D eigenvalue weighted by molar-refractivity contribution is 6.30. The molecule has 0 amide bonds. The molecule has 0 spiro atoms. The molecule has 0 heterocycles. The molecule has 1 unspecified atom stereocenters. The Bertz CT molecular complexity index is 381. The van der Waals surface area contributed by atoms with Gasteiger partial charge in [0.1, 0.15) is 5.78 Å². The second kappa shape index (κ2) is 5.80. The predicted molar refractivity (Wildman–Crippen MR) is 64.9 cm³/mol. The number of benzene rings is 1. The molecule has 1 aromatic rings. The summed E-state index contributed by atoms with van der Waals surface area (Å²) < 4.78 is 0. The summed E-state index contributed by atoms with van der Waals surface area (Å²) in [6.07, 6.45) is 0.862. The number of ketones is 2. The van der Waals surface area contributed by atoms with Gasteiger partial charge in [-0.15, -0.1) is 0 Å². The van der Waals surface area contributed by atoms with Crippen molar-refractivity contribution in [1.82, 2.24) is 0 Å². The quantitative estimate of drug-likeness (QED) is 0.736. The lowest BCUT2D eigenvalue weighted by Gasteiger charge is -2.08. The van der Waals surface area contributed by atoms with E-state index in [0.29, 0.717) is 23.4 Å². The maximum absolute atomic E-state index is 11.8. The van der Waals surface area contributed by atoms with E-state index >= 15 is 0 Å². The fraction of sp³-hybridized carbons (Fsp3) is 0.385. The highest BCUT2D eigenvalue weighted by Crippen LogP contribution is 2.15. The van der Waals surface area contributed by atoms with Gasteiger partial charge in [-0.2, -0.15) is 0 Å². The van der Waals surface area contributed by atoms with E-state index in [1.54, 1.807) is 31.2 Å². The SMILES string of the molecule is CC(=O)CC(C)CC(=O)c1ccc(Cl)cc1. The van der Waals surface area contributed by atoms with Crippen molar-refractivity contribution in [1.29, 1.82) is 0 Å². The molecule has 0 saturated carbocycles. The van der Waals surface area contributed by atoms with Crippen LogP contribution in [0.25, 0.3) is 0 Å². The Morgan fingerprint density at radius 2 is 1.75 bits per heavy atom. The van der Waals surface area contributed by atoms with Gasteiger partial charge in [0.15, 0.2) is 5.78 Å². The van der Waals surface area contributed by atoms with Gasteiger partial charge < -0.3 is 4.79 Å². The Balaban J connectivity index is 2.58. The summed E-state index contributed by atoms with van der Waals surface area (Å²) in [4.78, 5) is 22.7. The highest BCUT2D eigenvalue weighted by Gasteiger charge is 2.12. The normalized spacial score (nSPS) is 12.2. The molecular formula is C13H15ClO2. The average molecular weight is 239 g/mol. The second-order valence-corrected chi connectivity index (χ2v) is 4.58. The summed E-state index contributed by atoms with van der Waals surface area (Å²) in [7, 11) is 0. The first-order valence-corrected chi connectivity index (χ1v) is 5.65. The van der Waals surface area contributed by atoms with Crippen LogP contribution in [0.2, 0.25) is 5.02 Å². The lowest BCUT2D eigenvalue weighted by Crippen LogP contribution is -2.09. The fourth-order valence-corrected chi connectivity index (χ4v) is 1.76. The Morgan fingerprint density at radius 3 is 2.25 bits per heavy atom. The molecule has 0 saturated heterocycles. The third-order valence-corrected chi connectivity index (χ3v) is 2.59. The van der Waals surface area contributed by atoms with Gasteiger partial charge in [-0.05, 0) is 37.1 Å². The van der Waals surface area contributed by atoms with Crippen LogP contribution in [0.5, 0.6) is 0 Å². The van der Waals surface area contributed by atoms with Crippen molar-refractivity contribution >= 4 is 23.2 Å². The summed E-state index contributed by atoms with van der Waals surface area (Å²) in [6.45, 7) is 3.46. The molecule has 86 valence electrons. The van der Waals surface area contributed by atoms with Gasteiger partial charge in [-0.1, -0.05) is 18.5 Å². The van der Waals surface area contributed by atoms with Crippen LogP contribution >= 0.6 is 11.6 Å². The van der Waals surface area contributed by atoms with Crippen LogP contribution < -0.4 is 0 Å². The summed E-state index contributed by atoms with van der Waals surface area (Å²) in [6, 6.07) is 6.82. The van der Waals surface area contributed by atoms with Gasteiger partial charge in [0.05, 0.1) is 0 Å². The Hall–Kier alpha value is -1.15. The molecule has 0 aromatic heterocycles. The van der Waals surface area contributed by atoms with Crippen LogP contribution in [0.1, 0.15) is 37.0 Å². The number of halogens is 1. The number of rotatable bonds is 5. The molecule has 0 aliphatic heterocycles. The minimum absolute atomic E-state index is 0.0606. The largest absolute Gasteiger partial charge is 0.300 e. The number of carbonyl (C=O) groups is 2. The van der Waals surface area contributed by atoms with E-state index < -0.39 is 0 Å². The molecule has 1 atom stereocenters. The van der Waals surface area contributed by atoms with Gasteiger partial charge in [0.25, 0.3) is 0 Å². The van der Waals surface area contributed by atoms with E-state index in [0.717, 1.165) is 0 Å². The van der Waals surface area contributed by atoms with Crippen LogP contribution in [0.3, 0.4) is 0 Å². The van der Waals surface area contributed by atoms with Gasteiger partial charge >= 0.3 is 0 Å². The zero-order chi connectivity index (χ0) is 12.1. The summed E-state index contributed by atoms with van der Waals surface area (Å²) in [5.74, 6) is 0.280. The van der Waals surface area contributed by atoms with Crippen LogP contribution in [-0.2, 0) is 4.79 Å². The van der Waals surface area contributed by atoms with Crippen molar-refractivity contribution in [2.75, 3.05) is 0 Å². The molecule has 0 aliphatic carbocycles. The van der Waals surface area contributed by atoms with E-state index in [-0.39, 0.29) is 17.5 Å². The van der Waals surface area contributed by atoms with Crippen molar-refractivity contribution in [3.63, 3.8) is 0 Å². The first-order chi connectivity index (χ1) is 7.49. The number of carbonyl (C=O) groups excluding carboxylic acids is 2. The van der Waals surface area contributed by atoms with Crippen LogP contribution in [-0.4, -0.2) is 11.6 Å². The van der Waals surface area contributed by atoms with Crippen molar-refractivity contribution in [3.05, 3.63) is 34.9 Å². The van der Waals surface area contributed by atoms with Crippen LogP contribution in [0.4, 0.5) is 0 Å². The van der Waals surface area contributed by atoms with Crippen molar-refractivity contribution in [2.45, 2.75) is 26.7 Å². The topological polar surface area (TPSA) is 34.1 Å². The molecule has 1 rings (SSSR count). The minimum atomic E-state index is 0.0606. The van der Waals surface area contributed by atoms with Crippen LogP contribution in [0.15, 0.2) is 24.3 Å². The maximum Gasteiger partial charge on any atom is 0.163 e. The zero-order valence-corrected chi connectivity index (χ0v) is 10.3. The first-order valence-electron chi connectivity index (χ1n) is 5.27. The molecular weight excluding hydrogens is 224 g/mol. The van der Waals surface area contributed by atoms with E-state index in [1.165, 1.54) is 0 Å². The van der Waals surface area contributed by atoms with E-state index in [2.05, 4.69) is 0 Å². The third-order valence-electron chi connectivity index (χ3n) is 2.34. The van der Waals surface area contributed by atoms with E-state index in [4.69, 9.17) is 11.6 Å². The highest BCUT2D eigenvalue weighted by atomic mass is 35.5. The lowest BCUT2D eigenvalue weighted by atomic mass is 9.96. The van der Waals surface area contributed by atoms with Crippen LogP contribution in [0, 0.1) is 5.92 Å². The molecule has 0 radical (unpaired) electrons. The maximum atomic E-state index is 11.8. The number of hydrogen-bond donors (Lipinski definition) is 0. The minimum Gasteiger partial charge on any atom is -0.300 e. The van der Waals surface area contributed by atoms with Crippen molar-refractivity contribution < 1.29 is 9.59 Å². The Labute approximate surface area is 101 Å². The molecule has 0 aliphatic rings. The fourth-order valence-electron chi connectivity index (χ4n) is 1.63. The molecule has 0 fully saturated rings. The number of hydrogen-bond acceptors (Lipinski definition) is 2. The Morgan fingerprint density at radius 1 is 1.19 bits per heavy atom. The van der Waals surface area contributed by atoms with Gasteiger partial charge in [0, 0.05) is 23.4 Å². The van der Waals surface area contributed by atoms with Crippen molar-refractivity contribution in [2.24, 2.45) is 5.92 Å². The van der Waals surface area contributed by atoms with Gasteiger partial charge in [-0.25, -0.2) is 0 Å². The first kappa shape index (κ1) is 12.9. The molecule has 1 aromatic carbocycles. The average Bonchev–Trinajstić information content (AvgIpc) is 2.16. The molecule has 16 heavy (non-hydrogen) atoms. The molecule has 3 heteroatoms. The predicted octanol–water partition coefficient (Wildman–Crippen LogP) is 3.53. The smallest absolute Gasteiger partial charge is 0.163 e. The van der Waals surface area contributed by atoms with E-state index in [1.807, 2.05) is 6.92 Å². The summed E-state index contributed by atoms with van der Waals surface area (Å²) in [5, 5.41) is 0.619. The standard InChI is InChI=1S/C13H15ClO2/c1-9(7-10(2)15)8-13(16)11-3-5-12(14)6-4-11/h3-6,9H,7-8H2,1-2H3. The second-order valence-electron chi connectivity index (χ2n) is 4.15. The summed E-state index contributed by atoms with van der Waals surface area (Å²) in [5.41, 5.74) is 0.653. The molecule has 0 N–H and O–H groups in total. The van der Waals surface area contributed by atoms with Crippen molar-refractivity contribution in [3.8, 4) is 0 Å². The number of Topliss-reactive ketones (excluding diaryl/α,β-unsaturated/α-hetero) is 2. The van der Waals surface area contributed by atoms with Gasteiger partial charge in [-0.3, -0.25) is 4.79 Å². The Kier molecular flexibility index (Phi) is 4.69. The summed E-state index contributed by atoms with van der Waals surface area (Å²) >= 11 is 5.73. The monoisotopic (exact) mass is 238 g/mol. The molecule has 0 bridgehead atoms. The van der Waals surface area contributed by atoms with E-state index in [9.17, 15) is 9.59 Å². The molecule has 2 nitrogen and oxygen atoms in total. The van der Waals surface area contributed by atoms with Gasteiger partial charge in [0.2, 0.25) is 0 Å². The lowest BCUT2D eigenvalue weighted by molar-refractivity contribution is -0.117. The zero-order valence-electron chi connectivity index (χ0n) is 9.50.